The van der Waals surface area contributed by atoms with Gasteiger partial charge in [-0.25, -0.2) is 4.98 Å². The van der Waals surface area contributed by atoms with Crippen LogP contribution in [-0.4, -0.2) is 26.5 Å². The Morgan fingerprint density at radius 3 is 2.61 bits per heavy atom. The number of nitrogens with one attached hydrogen (secondary N) is 1. The quantitative estimate of drug-likeness (QED) is 0.447. The lowest BCUT2D eigenvalue weighted by molar-refractivity contribution is -0.118. The first-order valence-electron chi connectivity index (χ1n) is 10.3. The number of carbonyl (C=O) groups excluding carboxylic acids is 1. The lowest BCUT2D eigenvalue weighted by Gasteiger charge is -2.15. The topological polar surface area (TPSA) is 64.0 Å². The highest BCUT2D eigenvalue weighted by molar-refractivity contribution is 8.00. The highest BCUT2D eigenvalue weighted by Gasteiger charge is 2.27. The summed E-state index contributed by atoms with van der Waals surface area (Å²) in [6.45, 7) is 6.62. The number of hydrogen-bond acceptors (Lipinski definition) is 5. The maximum Gasteiger partial charge on any atom is 0.272 e. The number of benzene rings is 2. The molecular weight excluding hydrogens is 426 g/mol. The number of nitrogens with zero attached hydrogens (tertiary/aromatic N) is 2. The van der Waals surface area contributed by atoms with Crippen molar-refractivity contribution in [3.05, 3.63) is 81.3 Å². The molecule has 2 heterocycles. The zero-order valence-electron chi connectivity index (χ0n) is 17.8. The van der Waals surface area contributed by atoms with Gasteiger partial charge in [0.1, 0.15) is 0 Å². The molecule has 0 radical (unpaired) electrons. The highest BCUT2D eigenvalue weighted by atomic mass is 32.2. The Morgan fingerprint density at radius 1 is 1.19 bits per heavy atom. The fourth-order valence-electron chi connectivity index (χ4n) is 3.68. The number of thioether (sulfide) groups is 2. The Hall–Kier alpha value is -2.51. The molecule has 1 amide bonds. The Morgan fingerprint density at radius 2 is 1.90 bits per heavy atom. The molecule has 0 saturated carbocycles. The van der Waals surface area contributed by atoms with E-state index in [1.54, 1.807) is 16.3 Å². The van der Waals surface area contributed by atoms with Crippen molar-refractivity contribution in [3.8, 4) is 5.69 Å². The normalized spacial score (nSPS) is 15.0. The van der Waals surface area contributed by atoms with Gasteiger partial charge in [0.2, 0.25) is 5.91 Å². The molecule has 1 aliphatic rings. The fourth-order valence-corrected chi connectivity index (χ4v) is 5.64. The van der Waals surface area contributed by atoms with E-state index in [-0.39, 0.29) is 17.2 Å². The lowest BCUT2D eigenvalue weighted by Crippen LogP contribution is -2.27. The molecule has 1 aliphatic heterocycles. The second-order valence-electron chi connectivity index (χ2n) is 7.84. The molecule has 160 valence electrons. The van der Waals surface area contributed by atoms with Crippen LogP contribution < -0.4 is 10.9 Å². The van der Waals surface area contributed by atoms with Gasteiger partial charge >= 0.3 is 0 Å². The molecule has 1 unspecified atom stereocenters. The Balaban J connectivity index is 1.60. The molecule has 3 aromatic rings. The third kappa shape index (κ3) is 5.05. The van der Waals surface area contributed by atoms with Crippen LogP contribution >= 0.6 is 23.5 Å². The number of fused-ring (bicyclic) bond motifs is 1. The molecule has 0 fully saturated rings. The van der Waals surface area contributed by atoms with Gasteiger partial charge in [0.25, 0.3) is 5.56 Å². The second-order valence-corrected chi connectivity index (χ2v) is 10.2. The van der Waals surface area contributed by atoms with Crippen LogP contribution in [0.5, 0.6) is 0 Å². The molecule has 0 bridgehead atoms. The molecule has 1 N–H and O–H groups in total. The van der Waals surface area contributed by atoms with Crippen molar-refractivity contribution in [2.75, 3.05) is 5.75 Å². The van der Waals surface area contributed by atoms with E-state index in [1.807, 2.05) is 56.3 Å². The van der Waals surface area contributed by atoms with Crippen LogP contribution in [0.4, 0.5) is 0 Å². The zero-order valence-corrected chi connectivity index (χ0v) is 19.5. The molecule has 0 spiro atoms. The predicted octanol–water partition coefficient (Wildman–Crippen LogP) is 4.29. The maximum absolute atomic E-state index is 13.4. The summed E-state index contributed by atoms with van der Waals surface area (Å²) in [6.07, 6.45) is 0.774. The monoisotopic (exact) mass is 451 g/mol. The number of rotatable bonds is 6. The Kier molecular flexibility index (Phi) is 6.53. The molecule has 1 atom stereocenters. The van der Waals surface area contributed by atoms with Crippen LogP contribution in [0.2, 0.25) is 0 Å². The van der Waals surface area contributed by atoms with Crippen molar-refractivity contribution < 1.29 is 4.79 Å². The van der Waals surface area contributed by atoms with Crippen molar-refractivity contribution in [3.63, 3.8) is 0 Å². The highest BCUT2D eigenvalue weighted by Crippen LogP contribution is 2.35. The van der Waals surface area contributed by atoms with Crippen molar-refractivity contribution in [2.45, 2.75) is 49.0 Å². The van der Waals surface area contributed by atoms with Crippen molar-refractivity contribution in [2.24, 2.45) is 0 Å². The largest absolute Gasteiger partial charge is 0.351 e. The number of aromatic nitrogens is 2. The predicted molar refractivity (Wildman–Crippen MR) is 127 cm³/mol. The molecule has 1 aromatic heterocycles. The van der Waals surface area contributed by atoms with E-state index in [0.29, 0.717) is 17.0 Å². The van der Waals surface area contributed by atoms with Gasteiger partial charge in [-0.3, -0.25) is 14.2 Å². The van der Waals surface area contributed by atoms with Gasteiger partial charge in [0, 0.05) is 18.2 Å². The summed E-state index contributed by atoms with van der Waals surface area (Å²) in [7, 11) is 0. The van der Waals surface area contributed by atoms with Gasteiger partial charge in [-0.15, -0.1) is 11.8 Å². The number of carbonyl (C=O) groups is 1. The summed E-state index contributed by atoms with van der Waals surface area (Å²) in [4.78, 5) is 31.4. The van der Waals surface area contributed by atoms with Crippen LogP contribution in [-0.2, 0) is 17.8 Å². The van der Waals surface area contributed by atoms with E-state index < -0.39 is 0 Å². The number of hydrogen-bond donors (Lipinski definition) is 1. The summed E-state index contributed by atoms with van der Waals surface area (Å²) in [5.74, 6) is 0.115. The number of amides is 1. The Bertz CT molecular complexity index is 1160. The molecule has 0 saturated heterocycles. The third-order valence-electron chi connectivity index (χ3n) is 5.01. The van der Waals surface area contributed by atoms with Crippen LogP contribution in [0.1, 0.15) is 29.3 Å². The average molecular weight is 452 g/mol. The summed E-state index contributed by atoms with van der Waals surface area (Å²) < 4.78 is 1.67. The molecule has 7 heteroatoms. The van der Waals surface area contributed by atoms with Gasteiger partial charge < -0.3 is 5.32 Å². The van der Waals surface area contributed by atoms with Crippen molar-refractivity contribution in [1.29, 1.82) is 0 Å². The van der Waals surface area contributed by atoms with E-state index >= 15 is 0 Å². The first kappa shape index (κ1) is 21.7. The van der Waals surface area contributed by atoms with Gasteiger partial charge in [0.15, 0.2) is 5.16 Å². The minimum Gasteiger partial charge on any atom is -0.351 e. The zero-order chi connectivity index (χ0) is 22.0. The average Bonchev–Trinajstić information content (AvgIpc) is 3.11. The summed E-state index contributed by atoms with van der Waals surface area (Å²) in [5.41, 5.74) is 4.81. The first-order valence-corrected chi connectivity index (χ1v) is 12.1. The van der Waals surface area contributed by atoms with E-state index in [1.165, 1.54) is 11.8 Å². The SMILES string of the molecule is Cc1cc(C)cc(-n2c(SCC(=O)NCc3ccccc3)nc3c(c2=O)SC(C)C3)c1. The summed E-state index contributed by atoms with van der Waals surface area (Å²) in [6, 6.07) is 15.9. The minimum atomic E-state index is -0.0849. The molecule has 0 aliphatic carbocycles. The molecule has 5 nitrogen and oxygen atoms in total. The standard InChI is InChI=1S/C24H25N3O2S2/c1-15-9-16(2)11-19(10-15)27-23(29)22-20(12-17(3)31-22)26-24(27)30-14-21(28)25-13-18-7-5-4-6-8-18/h4-11,17H,12-14H2,1-3H3,(H,25,28). The smallest absolute Gasteiger partial charge is 0.272 e. The van der Waals surface area contributed by atoms with E-state index in [0.717, 1.165) is 39.4 Å². The van der Waals surface area contributed by atoms with Crippen LogP contribution in [0.25, 0.3) is 5.69 Å². The van der Waals surface area contributed by atoms with Gasteiger partial charge in [-0.2, -0.15) is 0 Å². The van der Waals surface area contributed by atoms with Crippen molar-refractivity contribution >= 4 is 29.4 Å². The van der Waals surface area contributed by atoms with Gasteiger partial charge in [0.05, 0.1) is 22.0 Å². The molecule has 2 aromatic carbocycles. The van der Waals surface area contributed by atoms with E-state index in [9.17, 15) is 9.59 Å². The maximum atomic E-state index is 13.4. The van der Waals surface area contributed by atoms with E-state index in [2.05, 4.69) is 18.3 Å². The number of aryl methyl sites for hydroxylation is 2. The summed E-state index contributed by atoms with van der Waals surface area (Å²) in [5, 5.41) is 3.84. The van der Waals surface area contributed by atoms with Crippen LogP contribution in [0.3, 0.4) is 0 Å². The lowest BCUT2D eigenvalue weighted by atomic mass is 10.1. The van der Waals surface area contributed by atoms with Gasteiger partial charge in [-0.1, -0.05) is 55.1 Å². The van der Waals surface area contributed by atoms with Crippen LogP contribution in [0, 0.1) is 13.8 Å². The Labute approximate surface area is 190 Å². The van der Waals surface area contributed by atoms with Crippen molar-refractivity contribution in [1.82, 2.24) is 14.9 Å². The molecule has 4 rings (SSSR count). The van der Waals surface area contributed by atoms with E-state index in [4.69, 9.17) is 4.98 Å². The first-order chi connectivity index (χ1) is 14.9. The van der Waals surface area contributed by atoms with Crippen LogP contribution in [0.15, 0.2) is 63.4 Å². The summed E-state index contributed by atoms with van der Waals surface area (Å²) >= 11 is 2.90. The fraction of sp³-hybridized carbons (Fsp3) is 0.292. The minimum absolute atomic E-state index is 0.0449. The second kappa shape index (κ2) is 9.32. The van der Waals surface area contributed by atoms with Gasteiger partial charge in [-0.05, 0) is 42.7 Å². The molecular formula is C24H25N3O2S2. The molecule has 31 heavy (non-hydrogen) atoms. The third-order valence-corrected chi connectivity index (χ3v) is 7.16.